The van der Waals surface area contributed by atoms with Gasteiger partial charge in [0.15, 0.2) is 0 Å². The van der Waals surface area contributed by atoms with Gasteiger partial charge < -0.3 is 4.42 Å². The number of benzene rings is 4. The van der Waals surface area contributed by atoms with Crippen LogP contribution in [0.2, 0.25) is 0 Å². The van der Waals surface area contributed by atoms with Gasteiger partial charge in [0, 0.05) is 20.9 Å². The first-order valence-corrected chi connectivity index (χ1v) is 11.1. The molecule has 4 heteroatoms. The van der Waals surface area contributed by atoms with Gasteiger partial charge >= 0.3 is 0 Å². The molecule has 7 rings (SSSR count). The van der Waals surface area contributed by atoms with Crippen molar-refractivity contribution in [1.82, 2.24) is 4.98 Å². The summed E-state index contributed by atoms with van der Waals surface area (Å²) < 4.78 is 8.93. The molecule has 0 aliphatic rings. The molecule has 0 saturated heterocycles. The zero-order valence-electron chi connectivity index (χ0n) is 15.2. The molecule has 0 bridgehead atoms. The number of furan rings is 1. The molecule has 0 aliphatic carbocycles. The van der Waals surface area contributed by atoms with E-state index in [1.54, 1.807) is 22.7 Å². The molecule has 4 aromatic carbocycles. The van der Waals surface area contributed by atoms with Crippen LogP contribution in [0, 0.1) is 0 Å². The van der Waals surface area contributed by atoms with Gasteiger partial charge in [-0.1, -0.05) is 54.6 Å². The van der Waals surface area contributed by atoms with Crippen LogP contribution in [-0.4, -0.2) is 4.98 Å². The summed E-state index contributed by atoms with van der Waals surface area (Å²) in [6.45, 7) is 0. The van der Waals surface area contributed by atoms with Crippen molar-refractivity contribution < 1.29 is 4.42 Å². The van der Waals surface area contributed by atoms with Crippen LogP contribution in [0.15, 0.2) is 83.3 Å². The number of rotatable bonds is 1. The third-order valence-electron chi connectivity index (χ3n) is 5.53. The van der Waals surface area contributed by atoms with Gasteiger partial charge in [-0.15, -0.1) is 22.7 Å². The highest BCUT2D eigenvalue weighted by Crippen LogP contribution is 2.43. The smallest absolute Gasteiger partial charge is 0.145 e. The maximum atomic E-state index is 6.38. The Balaban J connectivity index is 1.53. The van der Waals surface area contributed by atoms with Gasteiger partial charge in [-0.05, 0) is 35.0 Å². The van der Waals surface area contributed by atoms with E-state index in [1.807, 2.05) is 0 Å². The zero-order chi connectivity index (χ0) is 18.9. The van der Waals surface area contributed by atoms with Crippen LogP contribution in [0.4, 0.5) is 0 Å². The van der Waals surface area contributed by atoms with E-state index < -0.39 is 0 Å². The van der Waals surface area contributed by atoms with Crippen LogP contribution in [-0.2, 0) is 0 Å². The van der Waals surface area contributed by atoms with E-state index in [0.717, 1.165) is 37.3 Å². The van der Waals surface area contributed by atoms with Gasteiger partial charge in [0.2, 0.25) is 0 Å². The molecule has 136 valence electrons. The third-order valence-corrected chi connectivity index (χ3v) is 7.85. The first-order chi connectivity index (χ1) is 14.3. The number of nitrogens with zero attached hydrogens (tertiary/aromatic N) is 1. The molecule has 0 saturated carbocycles. The van der Waals surface area contributed by atoms with Crippen molar-refractivity contribution in [1.29, 1.82) is 0 Å². The second-order valence-electron chi connectivity index (χ2n) is 7.23. The molecule has 0 spiro atoms. The van der Waals surface area contributed by atoms with Crippen LogP contribution in [0.1, 0.15) is 0 Å². The molecule has 7 aromatic rings. The van der Waals surface area contributed by atoms with Crippen LogP contribution < -0.4 is 0 Å². The normalized spacial score (nSPS) is 12.1. The largest absolute Gasteiger partial charge is 0.455 e. The molecule has 3 aromatic heterocycles. The number of aromatic nitrogens is 1. The first kappa shape index (κ1) is 15.7. The fraction of sp³-hybridized carbons (Fsp3) is 0. The molecular weight excluding hydrogens is 394 g/mol. The van der Waals surface area contributed by atoms with Crippen molar-refractivity contribution in [3.8, 4) is 10.6 Å². The summed E-state index contributed by atoms with van der Waals surface area (Å²) in [5, 5.41) is 7.04. The summed E-state index contributed by atoms with van der Waals surface area (Å²) in [4.78, 5) is 6.07. The predicted octanol–water partition coefficient (Wildman–Crippen LogP) is 8.23. The Labute approximate surface area is 173 Å². The van der Waals surface area contributed by atoms with E-state index in [4.69, 9.17) is 9.40 Å². The van der Waals surface area contributed by atoms with E-state index in [1.165, 1.54) is 25.6 Å². The minimum absolute atomic E-state index is 0.920. The highest BCUT2D eigenvalue weighted by atomic mass is 32.1. The number of para-hydroxylation sites is 1. The number of thiophene rings is 1. The number of thiazole rings is 1. The summed E-state index contributed by atoms with van der Waals surface area (Å²) in [7, 11) is 0. The molecule has 2 nitrogen and oxygen atoms in total. The lowest BCUT2D eigenvalue weighted by Gasteiger charge is -1.97. The second kappa shape index (κ2) is 5.66. The Bertz CT molecular complexity index is 1720. The van der Waals surface area contributed by atoms with Crippen molar-refractivity contribution in [3.05, 3.63) is 78.9 Å². The lowest BCUT2D eigenvalue weighted by molar-refractivity contribution is 0.670. The fourth-order valence-electron chi connectivity index (χ4n) is 4.16. The topological polar surface area (TPSA) is 26.0 Å². The van der Waals surface area contributed by atoms with Gasteiger partial charge in [0.1, 0.15) is 21.0 Å². The molecule has 0 N–H and O–H groups in total. The molecule has 0 radical (unpaired) electrons. The van der Waals surface area contributed by atoms with E-state index in [2.05, 4.69) is 78.9 Å². The minimum atomic E-state index is 0.920. The van der Waals surface area contributed by atoms with E-state index in [-0.39, 0.29) is 0 Å². The first-order valence-electron chi connectivity index (χ1n) is 9.48. The molecule has 0 atom stereocenters. The molecule has 0 fully saturated rings. The molecular formula is C25H13NOS2. The summed E-state index contributed by atoms with van der Waals surface area (Å²) >= 11 is 3.51. The molecule has 0 unspecified atom stereocenters. The molecule has 0 aliphatic heterocycles. The summed E-state index contributed by atoms with van der Waals surface area (Å²) in [5.74, 6) is 0. The van der Waals surface area contributed by atoms with Crippen molar-refractivity contribution in [3.63, 3.8) is 0 Å². The van der Waals surface area contributed by atoms with Gasteiger partial charge in [0.05, 0.1) is 10.3 Å². The molecule has 29 heavy (non-hydrogen) atoms. The van der Waals surface area contributed by atoms with Gasteiger partial charge in [-0.25, -0.2) is 4.98 Å². The standard InChI is InChI=1S/C25H13NOS2/c1-2-7-15-13-20-19(12-14(15)6-1)16-9-5-10-18(22(16)27-20)24-26-25-23(29-24)17-8-3-4-11-21(17)28-25/h1-13H. The quantitative estimate of drug-likeness (QED) is 0.274. The van der Waals surface area contributed by atoms with Gasteiger partial charge in [0.25, 0.3) is 0 Å². The monoisotopic (exact) mass is 407 g/mol. The van der Waals surface area contributed by atoms with E-state index >= 15 is 0 Å². The Hall–Kier alpha value is -3.21. The number of fused-ring (bicyclic) bond motifs is 7. The predicted molar refractivity (Wildman–Crippen MR) is 125 cm³/mol. The lowest BCUT2D eigenvalue weighted by atomic mass is 10.1. The summed E-state index contributed by atoms with van der Waals surface area (Å²) in [5.41, 5.74) is 2.92. The average Bonchev–Trinajstić information content (AvgIpc) is 3.42. The third kappa shape index (κ3) is 2.18. The number of hydrogen-bond donors (Lipinski definition) is 0. The minimum Gasteiger partial charge on any atom is -0.455 e. The van der Waals surface area contributed by atoms with Crippen LogP contribution in [0.25, 0.3) is 62.9 Å². The highest BCUT2D eigenvalue weighted by molar-refractivity contribution is 7.33. The van der Waals surface area contributed by atoms with E-state index in [9.17, 15) is 0 Å². The maximum absolute atomic E-state index is 6.38. The SMILES string of the molecule is c1ccc2cc3c(cc2c1)oc1c(-c2nc4sc5ccccc5c4s2)cccc13. The van der Waals surface area contributed by atoms with Crippen molar-refractivity contribution in [2.75, 3.05) is 0 Å². The van der Waals surface area contributed by atoms with Gasteiger partial charge in [-0.2, -0.15) is 0 Å². The number of hydrogen-bond acceptors (Lipinski definition) is 4. The zero-order valence-corrected chi connectivity index (χ0v) is 16.8. The average molecular weight is 408 g/mol. The lowest BCUT2D eigenvalue weighted by Crippen LogP contribution is -1.76. The summed E-state index contributed by atoms with van der Waals surface area (Å²) in [6, 6.07) is 27.7. The molecule has 3 heterocycles. The van der Waals surface area contributed by atoms with Crippen molar-refractivity contribution in [2.24, 2.45) is 0 Å². The highest BCUT2D eigenvalue weighted by Gasteiger charge is 2.17. The Kier molecular flexibility index (Phi) is 3.06. The van der Waals surface area contributed by atoms with Crippen molar-refractivity contribution in [2.45, 2.75) is 0 Å². The summed E-state index contributed by atoms with van der Waals surface area (Å²) in [6.07, 6.45) is 0. The van der Waals surface area contributed by atoms with Crippen LogP contribution in [0.3, 0.4) is 0 Å². The molecule has 0 amide bonds. The fourth-order valence-corrected chi connectivity index (χ4v) is 6.53. The van der Waals surface area contributed by atoms with Gasteiger partial charge in [-0.3, -0.25) is 0 Å². The van der Waals surface area contributed by atoms with Crippen LogP contribution >= 0.6 is 22.7 Å². The van der Waals surface area contributed by atoms with Crippen molar-refractivity contribution >= 4 is 75.0 Å². The van der Waals surface area contributed by atoms with Crippen LogP contribution in [0.5, 0.6) is 0 Å². The Morgan fingerprint density at radius 2 is 1.48 bits per heavy atom. The van der Waals surface area contributed by atoms with E-state index in [0.29, 0.717) is 0 Å². The Morgan fingerprint density at radius 1 is 0.690 bits per heavy atom. The Morgan fingerprint density at radius 3 is 2.41 bits per heavy atom. The maximum Gasteiger partial charge on any atom is 0.145 e. The second-order valence-corrected chi connectivity index (χ2v) is 9.26.